The van der Waals surface area contributed by atoms with Gasteiger partial charge in [-0.05, 0) is 26.8 Å². The van der Waals surface area contributed by atoms with E-state index in [0.717, 1.165) is 22.6 Å². The SMILES string of the molecule is Cc1noc(C)c1C(C)NCc1ccccc1O. The first-order valence-corrected chi connectivity index (χ1v) is 6.02. The van der Waals surface area contributed by atoms with Gasteiger partial charge < -0.3 is 14.9 Å². The number of phenols is 1. The molecule has 4 nitrogen and oxygen atoms in total. The smallest absolute Gasteiger partial charge is 0.138 e. The predicted molar refractivity (Wildman–Crippen MR) is 69.3 cm³/mol. The van der Waals surface area contributed by atoms with Gasteiger partial charge in [-0.25, -0.2) is 0 Å². The summed E-state index contributed by atoms with van der Waals surface area (Å²) in [5.74, 6) is 1.15. The van der Waals surface area contributed by atoms with Crippen LogP contribution in [-0.2, 0) is 6.54 Å². The van der Waals surface area contributed by atoms with Crippen LogP contribution in [0.25, 0.3) is 0 Å². The second kappa shape index (κ2) is 5.23. The number of rotatable bonds is 4. The van der Waals surface area contributed by atoms with Gasteiger partial charge >= 0.3 is 0 Å². The normalized spacial score (nSPS) is 12.6. The van der Waals surface area contributed by atoms with Crippen molar-refractivity contribution in [2.45, 2.75) is 33.4 Å². The first kappa shape index (κ1) is 12.6. The third-order valence-electron chi connectivity index (χ3n) is 3.11. The van der Waals surface area contributed by atoms with Crippen molar-refractivity contribution in [1.82, 2.24) is 10.5 Å². The van der Waals surface area contributed by atoms with Crippen LogP contribution < -0.4 is 5.32 Å². The van der Waals surface area contributed by atoms with Gasteiger partial charge in [0.15, 0.2) is 0 Å². The molecule has 0 fully saturated rings. The van der Waals surface area contributed by atoms with Crippen molar-refractivity contribution < 1.29 is 9.63 Å². The van der Waals surface area contributed by atoms with E-state index in [4.69, 9.17) is 4.52 Å². The number of nitrogens with one attached hydrogen (secondary N) is 1. The molecule has 0 bridgehead atoms. The van der Waals surface area contributed by atoms with E-state index in [-0.39, 0.29) is 6.04 Å². The lowest BCUT2D eigenvalue weighted by Crippen LogP contribution is -2.19. The molecule has 1 atom stereocenters. The van der Waals surface area contributed by atoms with E-state index in [1.807, 2.05) is 32.0 Å². The van der Waals surface area contributed by atoms with Crippen LogP contribution in [-0.4, -0.2) is 10.3 Å². The van der Waals surface area contributed by atoms with E-state index in [0.29, 0.717) is 12.3 Å². The molecule has 2 N–H and O–H groups in total. The standard InChI is InChI=1S/C14H18N2O2/c1-9(14-10(2)16-18-11(14)3)15-8-12-6-4-5-7-13(12)17/h4-7,9,15,17H,8H2,1-3H3. The highest BCUT2D eigenvalue weighted by molar-refractivity contribution is 5.32. The summed E-state index contributed by atoms with van der Waals surface area (Å²) < 4.78 is 5.15. The summed E-state index contributed by atoms with van der Waals surface area (Å²) in [6.07, 6.45) is 0. The molecule has 96 valence electrons. The van der Waals surface area contributed by atoms with Gasteiger partial charge in [0.05, 0.1) is 5.69 Å². The third-order valence-corrected chi connectivity index (χ3v) is 3.11. The molecule has 1 unspecified atom stereocenters. The molecule has 0 spiro atoms. The van der Waals surface area contributed by atoms with Crippen molar-refractivity contribution in [2.24, 2.45) is 0 Å². The molecule has 0 amide bonds. The topological polar surface area (TPSA) is 58.3 Å². The summed E-state index contributed by atoms with van der Waals surface area (Å²) >= 11 is 0. The Balaban J connectivity index is 2.05. The van der Waals surface area contributed by atoms with Gasteiger partial charge in [-0.15, -0.1) is 0 Å². The van der Waals surface area contributed by atoms with Crippen LogP contribution >= 0.6 is 0 Å². The molecule has 0 aliphatic heterocycles. The van der Waals surface area contributed by atoms with Crippen LogP contribution in [0.4, 0.5) is 0 Å². The van der Waals surface area contributed by atoms with Gasteiger partial charge in [0.1, 0.15) is 11.5 Å². The van der Waals surface area contributed by atoms with Crippen LogP contribution in [0.2, 0.25) is 0 Å². The Hall–Kier alpha value is -1.81. The average Bonchev–Trinajstić information content (AvgIpc) is 2.68. The predicted octanol–water partition coefficient (Wildman–Crippen LogP) is 2.85. The highest BCUT2D eigenvalue weighted by atomic mass is 16.5. The maximum Gasteiger partial charge on any atom is 0.138 e. The molecular formula is C14H18N2O2. The van der Waals surface area contributed by atoms with Crippen molar-refractivity contribution in [3.05, 3.63) is 46.8 Å². The van der Waals surface area contributed by atoms with E-state index in [1.165, 1.54) is 0 Å². The third kappa shape index (κ3) is 2.54. The van der Waals surface area contributed by atoms with Gasteiger partial charge in [-0.3, -0.25) is 0 Å². The van der Waals surface area contributed by atoms with Crippen LogP contribution in [0.5, 0.6) is 5.75 Å². The molecule has 0 aliphatic rings. The highest BCUT2D eigenvalue weighted by Gasteiger charge is 2.16. The summed E-state index contributed by atoms with van der Waals surface area (Å²) in [4.78, 5) is 0. The number of aryl methyl sites for hydroxylation is 2. The minimum Gasteiger partial charge on any atom is -0.508 e. The van der Waals surface area contributed by atoms with Crippen molar-refractivity contribution in [1.29, 1.82) is 0 Å². The molecule has 0 aliphatic carbocycles. The quantitative estimate of drug-likeness (QED) is 0.871. The summed E-state index contributed by atoms with van der Waals surface area (Å²) in [6, 6.07) is 7.46. The van der Waals surface area contributed by atoms with Gasteiger partial charge in [-0.1, -0.05) is 23.4 Å². The average molecular weight is 246 g/mol. The lowest BCUT2D eigenvalue weighted by atomic mass is 10.1. The lowest BCUT2D eigenvalue weighted by Gasteiger charge is -2.14. The monoisotopic (exact) mass is 246 g/mol. The molecule has 0 saturated carbocycles. The van der Waals surface area contributed by atoms with Crippen LogP contribution in [0.15, 0.2) is 28.8 Å². The Morgan fingerprint density at radius 3 is 2.67 bits per heavy atom. The number of phenolic OH excluding ortho intramolecular Hbond substituents is 1. The van der Waals surface area contributed by atoms with Gasteiger partial charge in [0, 0.05) is 23.7 Å². The minimum atomic E-state index is 0.135. The second-order valence-electron chi connectivity index (χ2n) is 4.47. The van der Waals surface area contributed by atoms with E-state index >= 15 is 0 Å². The molecule has 18 heavy (non-hydrogen) atoms. The van der Waals surface area contributed by atoms with Gasteiger partial charge in [0.25, 0.3) is 0 Å². The van der Waals surface area contributed by atoms with E-state index < -0.39 is 0 Å². The van der Waals surface area contributed by atoms with Crippen LogP contribution in [0, 0.1) is 13.8 Å². The lowest BCUT2D eigenvalue weighted by molar-refractivity contribution is 0.390. The molecule has 2 rings (SSSR count). The van der Waals surface area contributed by atoms with Gasteiger partial charge in [-0.2, -0.15) is 0 Å². The number of para-hydroxylation sites is 1. The van der Waals surface area contributed by atoms with E-state index in [2.05, 4.69) is 17.4 Å². The van der Waals surface area contributed by atoms with Crippen molar-refractivity contribution in [2.75, 3.05) is 0 Å². The zero-order valence-electron chi connectivity index (χ0n) is 10.9. The zero-order valence-corrected chi connectivity index (χ0v) is 10.9. The van der Waals surface area contributed by atoms with Crippen molar-refractivity contribution >= 4 is 0 Å². The molecule has 2 aromatic rings. The largest absolute Gasteiger partial charge is 0.508 e. The van der Waals surface area contributed by atoms with Gasteiger partial charge in [0.2, 0.25) is 0 Å². The Bertz CT molecular complexity index is 515. The molecule has 1 aromatic heterocycles. The zero-order chi connectivity index (χ0) is 13.1. The first-order valence-electron chi connectivity index (χ1n) is 6.02. The second-order valence-corrected chi connectivity index (χ2v) is 4.47. The minimum absolute atomic E-state index is 0.135. The Morgan fingerprint density at radius 2 is 2.06 bits per heavy atom. The molecule has 1 heterocycles. The Labute approximate surface area is 107 Å². The van der Waals surface area contributed by atoms with E-state index in [1.54, 1.807) is 6.07 Å². The number of aromatic hydroxyl groups is 1. The number of nitrogens with zero attached hydrogens (tertiary/aromatic N) is 1. The van der Waals surface area contributed by atoms with Crippen LogP contribution in [0.3, 0.4) is 0 Å². The molecule has 1 aromatic carbocycles. The molecule has 0 saturated heterocycles. The maximum absolute atomic E-state index is 9.69. The number of hydrogen-bond donors (Lipinski definition) is 2. The fraction of sp³-hybridized carbons (Fsp3) is 0.357. The van der Waals surface area contributed by atoms with Crippen molar-refractivity contribution in [3.8, 4) is 5.75 Å². The fourth-order valence-corrected chi connectivity index (χ4v) is 2.13. The Kier molecular flexibility index (Phi) is 3.67. The maximum atomic E-state index is 9.69. The summed E-state index contributed by atoms with van der Waals surface area (Å²) in [5, 5.41) is 17.0. The summed E-state index contributed by atoms with van der Waals surface area (Å²) in [7, 11) is 0. The number of hydrogen-bond acceptors (Lipinski definition) is 4. The molecular weight excluding hydrogens is 228 g/mol. The number of aromatic nitrogens is 1. The first-order chi connectivity index (χ1) is 8.59. The fourth-order valence-electron chi connectivity index (χ4n) is 2.13. The Morgan fingerprint density at radius 1 is 1.33 bits per heavy atom. The van der Waals surface area contributed by atoms with E-state index in [9.17, 15) is 5.11 Å². The number of benzene rings is 1. The highest BCUT2D eigenvalue weighted by Crippen LogP contribution is 2.22. The summed E-state index contributed by atoms with van der Waals surface area (Å²) in [6.45, 7) is 6.52. The summed E-state index contributed by atoms with van der Waals surface area (Å²) in [5.41, 5.74) is 2.88. The van der Waals surface area contributed by atoms with Crippen LogP contribution in [0.1, 0.15) is 35.5 Å². The molecule has 0 radical (unpaired) electrons. The van der Waals surface area contributed by atoms with Crippen molar-refractivity contribution in [3.63, 3.8) is 0 Å². The molecule has 4 heteroatoms.